The lowest BCUT2D eigenvalue weighted by Gasteiger charge is -2.18. The molecule has 1 fully saturated rings. The summed E-state index contributed by atoms with van der Waals surface area (Å²) in [5.74, 6) is -0.493. The molecule has 2 aliphatic rings. The number of sulfone groups is 1. The van der Waals surface area contributed by atoms with E-state index in [1.165, 1.54) is 0 Å². The number of nitrogens with one attached hydrogen (secondary N) is 1. The number of benzene rings is 1. The molecule has 0 aliphatic carbocycles. The van der Waals surface area contributed by atoms with Crippen molar-refractivity contribution in [2.24, 2.45) is 0 Å². The second-order valence-corrected chi connectivity index (χ2v) is 8.84. The van der Waals surface area contributed by atoms with Crippen molar-refractivity contribution in [2.45, 2.75) is 25.3 Å². The van der Waals surface area contributed by atoms with Gasteiger partial charge in [0.2, 0.25) is 0 Å². The van der Waals surface area contributed by atoms with Crippen LogP contribution in [-0.2, 0) is 24.2 Å². The van der Waals surface area contributed by atoms with Gasteiger partial charge in [0.15, 0.2) is 33.7 Å². The number of carbonyl (C=O) groups excluding carboxylic acids is 3. The SMILES string of the molecule is O=C(COC(=O)CCC(=O)c1ccc2c(c1)OCCO2)NC1CCS(=O)(=O)C1. The van der Waals surface area contributed by atoms with Gasteiger partial charge in [-0.05, 0) is 24.6 Å². The number of carbonyl (C=O) groups is 3. The minimum Gasteiger partial charge on any atom is -0.486 e. The second kappa shape index (κ2) is 8.59. The summed E-state index contributed by atoms with van der Waals surface area (Å²) in [6, 6.07) is 4.37. The summed E-state index contributed by atoms with van der Waals surface area (Å²) in [6.45, 7) is 0.357. The van der Waals surface area contributed by atoms with Crippen LogP contribution < -0.4 is 14.8 Å². The average molecular weight is 411 g/mol. The van der Waals surface area contributed by atoms with Gasteiger partial charge in [-0.1, -0.05) is 0 Å². The molecule has 152 valence electrons. The maximum atomic E-state index is 12.2. The van der Waals surface area contributed by atoms with Gasteiger partial charge in [-0.2, -0.15) is 0 Å². The molecule has 2 aliphatic heterocycles. The first-order chi connectivity index (χ1) is 13.3. The van der Waals surface area contributed by atoms with Crippen molar-refractivity contribution in [2.75, 3.05) is 31.3 Å². The molecule has 0 aromatic heterocycles. The number of Topliss-reactive ketones (excluding diaryl/α,β-unsaturated/α-hetero) is 1. The van der Waals surface area contributed by atoms with Crippen LogP contribution in [0.5, 0.6) is 11.5 Å². The van der Waals surface area contributed by atoms with Gasteiger partial charge < -0.3 is 19.5 Å². The van der Waals surface area contributed by atoms with E-state index in [0.717, 1.165) is 0 Å². The standard InChI is InChI=1S/C18H21NO8S/c20-14(12-1-3-15-16(9-12)26-7-6-25-15)2-4-18(22)27-10-17(21)19-13-5-8-28(23,24)11-13/h1,3,9,13H,2,4-8,10-11H2,(H,19,21). The molecule has 1 N–H and O–H groups in total. The van der Waals surface area contributed by atoms with Crippen molar-refractivity contribution in [3.05, 3.63) is 23.8 Å². The summed E-state index contributed by atoms with van der Waals surface area (Å²) in [4.78, 5) is 35.7. The van der Waals surface area contributed by atoms with Crippen molar-refractivity contribution >= 4 is 27.5 Å². The summed E-state index contributed by atoms with van der Waals surface area (Å²) in [6.07, 6.45) is 0.116. The predicted octanol–water partition coefficient (Wildman–Crippen LogP) is 0.267. The quantitative estimate of drug-likeness (QED) is 0.501. The fourth-order valence-electron chi connectivity index (χ4n) is 2.97. The molecule has 1 aromatic rings. The number of rotatable bonds is 7. The molecule has 0 spiro atoms. The van der Waals surface area contributed by atoms with Gasteiger partial charge in [-0.3, -0.25) is 14.4 Å². The van der Waals surface area contributed by atoms with E-state index in [1.54, 1.807) is 18.2 Å². The van der Waals surface area contributed by atoms with E-state index in [0.29, 0.717) is 36.7 Å². The Hall–Kier alpha value is -2.62. The Morgan fingerprint density at radius 1 is 1.11 bits per heavy atom. The van der Waals surface area contributed by atoms with E-state index >= 15 is 0 Å². The minimum atomic E-state index is -3.10. The van der Waals surface area contributed by atoms with Crippen molar-refractivity contribution in [1.82, 2.24) is 5.32 Å². The molecule has 3 rings (SSSR count). The second-order valence-electron chi connectivity index (χ2n) is 6.61. The largest absolute Gasteiger partial charge is 0.486 e. The first-order valence-corrected chi connectivity index (χ1v) is 10.7. The van der Waals surface area contributed by atoms with Crippen LogP contribution in [0.2, 0.25) is 0 Å². The number of amides is 1. The van der Waals surface area contributed by atoms with Gasteiger partial charge in [-0.15, -0.1) is 0 Å². The Morgan fingerprint density at radius 3 is 2.57 bits per heavy atom. The average Bonchev–Trinajstić information content (AvgIpc) is 3.02. The molecule has 10 heteroatoms. The van der Waals surface area contributed by atoms with Crippen LogP contribution in [0.25, 0.3) is 0 Å². The highest BCUT2D eigenvalue weighted by molar-refractivity contribution is 7.91. The molecule has 0 bridgehead atoms. The third-order valence-electron chi connectivity index (χ3n) is 4.38. The topological polar surface area (TPSA) is 125 Å². The van der Waals surface area contributed by atoms with E-state index in [1.807, 2.05) is 0 Å². The number of fused-ring (bicyclic) bond motifs is 1. The maximum absolute atomic E-state index is 12.2. The van der Waals surface area contributed by atoms with Crippen molar-refractivity contribution in [3.8, 4) is 11.5 Å². The van der Waals surface area contributed by atoms with E-state index in [9.17, 15) is 22.8 Å². The monoisotopic (exact) mass is 411 g/mol. The normalized spacial score (nSPS) is 19.6. The first kappa shape index (κ1) is 20.1. The maximum Gasteiger partial charge on any atom is 0.306 e. The molecule has 9 nitrogen and oxygen atoms in total. The number of ketones is 1. The molecule has 0 saturated carbocycles. The Morgan fingerprint density at radius 2 is 1.86 bits per heavy atom. The molecule has 0 radical (unpaired) electrons. The lowest BCUT2D eigenvalue weighted by Crippen LogP contribution is -2.38. The molecule has 28 heavy (non-hydrogen) atoms. The molecular formula is C18H21NO8S. The van der Waals surface area contributed by atoms with Gasteiger partial charge in [0.25, 0.3) is 5.91 Å². The summed E-state index contributed by atoms with van der Waals surface area (Å²) in [5.41, 5.74) is 0.400. The highest BCUT2D eigenvalue weighted by Gasteiger charge is 2.29. The van der Waals surface area contributed by atoms with Gasteiger partial charge in [0, 0.05) is 18.0 Å². The van der Waals surface area contributed by atoms with E-state index < -0.39 is 34.4 Å². The third-order valence-corrected chi connectivity index (χ3v) is 6.15. The smallest absolute Gasteiger partial charge is 0.306 e. The van der Waals surface area contributed by atoms with E-state index in [-0.39, 0.29) is 30.1 Å². The molecule has 1 unspecified atom stereocenters. The van der Waals surface area contributed by atoms with Crippen molar-refractivity contribution in [3.63, 3.8) is 0 Å². The van der Waals surface area contributed by atoms with Crippen molar-refractivity contribution in [1.29, 1.82) is 0 Å². The zero-order valence-electron chi connectivity index (χ0n) is 15.1. The van der Waals surface area contributed by atoms with Crippen LogP contribution in [0.3, 0.4) is 0 Å². The predicted molar refractivity (Wildman–Crippen MR) is 97.2 cm³/mol. The Bertz CT molecular complexity index is 880. The summed E-state index contributed by atoms with van der Waals surface area (Å²) >= 11 is 0. The summed E-state index contributed by atoms with van der Waals surface area (Å²) < 4.78 is 38.4. The first-order valence-electron chi connectivity index (χ1n) is 8.91. The van der Waals surface area contributed by atoms with Crippen LogP contribution in [0.4, 0.5) is 0 Å². The highest BCUT2D eigenvalue weighted by atomic mass is 32.2. The number of hydrogen-bond donors (Lipinski definition) is 1. The minimum absolute atomic E-state index is 0.0414. The van der Waals surface area contributed by atoms with Gasteiger partial charge in [-0.25, -0.2) is 8.42 Å². The fraction of sp³-hybridized carbons (Fsp3) is 0.500. The van der Waals surface area contributed by atoms with E-state index in [2.05, 4.69) is 5.32 Å². The van der Waals surface area contributed by atoms with Crippen LogP contribution in [-0.4, -0.2) is 63.4 Å². The zero-order valence-corrected chi connectivity index (χ0v) is 16.0. The Labute approximate surface area is 162 Å². The van der Waals surface area contributed by atoms with Crippen LogP contribution >= 0.6 is 0 Å². The Balaban J connectivity index is 1.39. The molecular weight excluding hydrogens is 390 g/mol. The van der Waals surface area contributed by atoms with Crippen LogP contribution in [0, 0.1) is 0 Å². The molecule has 1 amide bonds. The van der Waals surface area contributed by atoms with Gasteiger partial charge in [0.1, 0.15) is 13.2 Å². The lowest BCUT2D eigenvalue weighted by atomic mass is 10.1. The Kier molecular flexibility index (Phi) is 6.18. The molecule has 1 atom stereocenters. The van der Waals surface area contributed by atoms with Crippen molar-refractivity contribution < 1.29 is 37.0 Å². The summed E-state index contributed by atoms with van der Waals surface area (Å²) in [7, 11) is -3.10. The third kappa shape index (κ3) is 5.44. The molecule has 2 heterocycles. The number of ether oxygens (including phenoxy) is 3. The summed E-state index contributed by atoms with van der Waals surface area (Å²) in [5, 5.41) is 2.52. The molecule has 1 saturated heterocycles. The van der Waals surface area contributed by atoms with Gasteiger partial charge >= 0.3 is 5.97 Å². The van der Waals surface area contributed by atoms with Gasteiger partial charge in [0.05, 0.1) is 17.9 Å². The lowest BCUT2D eigenvalue weighted by molar-refractivity contribution is -0.148. The van der Waals surface area contributed by atoms with Crippen LogP contribution in [0.1, 0.15) is 29.6 Å². The van der Waals surface area contributed by atoms with Crippen LogP contribution in [0.15, 0.2) is 18.2 Å². The number of esters is 1. The molecule has 1 aromatic carbocycles. The van der Waals surface area contributed by atoms with E-state index in [4.69, 9.17) is 14.2 Å². The fourth-order valence-corrected chi connectivity index (χ4v) is 4.65. The zero-order chi connectivity index (χ0) is 20.1. The number of hydrogen-bond acceptors (Lipinski definition) is 8. The highest BCUT2D eigenvalue weighted by Crippen LogP contribution is 2.31.